The average Bonchev–Trinajstić information content (AvgIpc) is 2.79. The molecular formula is C12H15N3O2. The van der Waals surface area contributed by atoms with E-state index < -0.39 is 0 Å². The van der Waals surface area contributed by atoms with Crippen molar-refractivity contribution in [1.29, 1.82) is 0 Å². The van der Waals surface area contributed by atoms with Gasteiger partial charge in [0.1, 0.15) is 18.2 Å². The summed E-state index contributed by atoms with van der Waals surface area (Å²) in [7, 11) is 1.63. The van der Waals surface area contributed by atoms with Crippen LogP contribution in [0.15, 0.2) is 28.9 Å². The monoisotopic (exact) mass is 233 g/mol. The van der Waals surface area contributed by atoms with Crippen LogP contribution in [0.1, 0.15) is 17.3 Å². The molecule has 17 heavy (non-hydrogen) atoms. The quantitative estimate of drug-likeness (QED) is 0.857. The summed E-state index contributed by atoms with van der Waals surface area (Å²) in [5.41, 5.74) is 0.911. The third kappa shape index (κ3) is 3.29. The highest BCUT2D eigenvalue weighted by Crippen LogP contribution is 2.09. The molecule has 5 heteroatoms. The topological polar surface area (TPSA) is 60.2 Å². The van der Waals surface area contributed by atoms with E-state index >= 15 is 0 Å². The molecule has 0 aliphatic rings. The molecule has 2 heterocycles. The van der Waals surface area contributed by atoms with Crippen LogP contribution in [0.2, 0.25) is 0 Å². The Labute approximate surface area is 99.8 Å². The van der Waals surface area contributed by atoms with Crippen LogP contribution in [0.25, 0.3) is 0 Å². The molecule has 0 saturated heterocycles. The largest absolute Gasteiger partial charge is 0.467 e. The SMILES string of the molecule is COCc1nc(C)cc(NCc2ccco2)n1. The van der Waals surface area contributed by atoms with Gasteiger partial charge in [0.25, 0.3) is 0 Å². The van der Waals surface area contributed by atoms with Gasteiger partial charge in [-0.25, -0.2) is 9.97 Å². The van der Waals surface area contributed by atoms with Gasteiger partial charge in [-0.05, 0) is 19.1 Å². The Balaban J connectivity index is 2.04. The van der Waals surface area contributed by atoms with E-state index in [9.17, 15) is 0 Å². The number of rotatable bonds is 5. The average molecular weight is 233 g/mol. The van der Waals surface area contributed by atoms with Gasteiger partial charge in [-0.3, -0.25) is 0 Å². The maximum Gasteiger partial charge on any atom is 0.156 e. The van der Waals surface area contributed by atoms with Gasteiger partial charge in [-0.15, -0.1) is 0 Å². The molecule has 90 valence electrons. The number of aryl methyl sites for hydroxylation is 1. The Bertz CT molecular complexity index is 469. The van der Waals surface area contributed by atoms with E-state index in [1.807, 2.05) is 25.1 Å². The first kappa shape index (κ1) is 11.6. The van der Waals surface area contributed by atoms with E-state index in [-0.39, 0.29) is 0 Å². The van der Waals surface area contributed by atoms with Gasteiger partial charge >= 0.3 is 0 Å². The second-order valence-corrected chi connectivity index (χ2v) is 3.68. The van der Waals surface area contributed by atoms with Crippen molar-refractivity contribution in [3.8, 4) is 0 Å². The number of nitrogens with one attached hydrogen (secondary N) is 1. The number of aromatic nitrogens is 2. The number of furan rings is 1. The highest BCUT2D eigenvalue weighted by atomic mass is 16.5. The highest BCUT2D eigenvalue weighted by molar-refractivity contribution is 5.36. The van der Waals surface area contributed by atoms with Crippen molar-refractivity contribution in [2.75, 3.05) is 12.4 Å². The zero-order valence-electron chi connectivity index (χ0n) is 9.93. The van der Waals surface area contributed by atoms with Crippen LogP contribution in [0, 0.1) is 6.92 Å². The minimum Gasteiger partial charge on any atom is -0.467 e. The lowest BCUT2D eigenvalue weighted by molar-refractivity contribution is 0.177. The van der Waals surface area contributed by atoms with E-state index in [1.165, 1.54) is 0 Å². The molecule has 1 N–H and O–H groups in total. The fraction of sp³-hybridized carbons (Fsp3) is 0.333. The van der Waals surface area contributed by atoms with Crippen molar-refractivity contribution in [3.05, 3.63) is 41.7 Å². The van der Waals surface area contributed by atoms with Crippen LogP contribution >= 0.6 is 0 Å². The van der Waals surface area contributed by atoms with Gasteiger partial charge in [0, 0.05) is 18.9 Å². The van der Waals surface area contributed by atoms with Crippen molar-refractivity contribution in [3.63, 3.8) is 0 Å². The third-order valence-corrected chi connectivity index (χ3v) is 2.20. The van der Waals surface area contributed by atoms with E-state index in [0.717, 1.165) is 17.3 Å². The maximum atomic E-state index is 5.23. The van der Waals surface area contributed by atoms with Crippen LogP contribution in [-0.4, -0.2) is 17.1 Å². The van der Waals surface area contributed by atoms with Crippen LogP contribution in [0.4, 0.5) is 5.82 Å². The summed E-state index contributed by atoms with van der Waals surface area (Å²) >= 11 is 0. The maximum absolute atomic E-state index is 5.23. The lowest BCUT2D eigenvalue weighted by Crippen LogP contribution is -2.05. The van der Waals surface area contributed by atoms with Crippen molar-refractivity contribution in [1.82, 2.24) is 9.97 Å². The number of methoxy groups -OCH3 is 1. The fourth-order valence-electron chi connectivity index (χ4n) is 1.51. The van der Waals surface area contributed by atoms with Crippen molar-refractivity contribution in [2.24, 2.45) is 0 Å². The van der Waals surface area contributed by atoms with Gasteiger partial charge < -0.3 is 14.5 Å². The number of hydrogen-bond acceptors (Lipinski definition) is 5. The summed E-state index contributed by atoms with van der Waals surface area (Å²) in [5.74, 6) is 2.32. The molecule has 2 aromatic rings. The molecule has 0 unspecified atom stereocenters. The predicted octanol–water partition coefficient (Wildman–Crippen LogP) is 2.14. The first-order chi connectivity index (χ1) is 8.28. The highest BCUT2D eigenvalue weighted by Gasteiger charge is 2.02. The van der Waals surface area contributed by atoms with Gasteiger partial charge in [-0.1, -0.05) is 0 Å². The summed E-state index contributed by atoms with van der Waals surface area (Å²) in [5, 5.41) is 3.19. The summed E-state index contributed by atoms with van der Waals surface area (Å²) in [6.07, 6.45) is 1.65. The van der Waals surface area contributed by atoms with Crippen LogP contribution in [-0.2, 0) is 17.9 Å². The molecular weight excluding hydrogens is 218 g/mol. The smallest absolute Gasteiger partial charge is 0.156 e. The number of ether oxygens (including phenoxy) is 1. The summed E-state index contributed by atoms with van der Waals surface area (Å²) in [6, 6.07) is 5.66. The van der Waals surface area contributed by atoms with Crippen molar-refractivity contribution < 1.29 is 9.15 Å². The van der Waals surface area contributed by atoms with Crippen LogP contribution in [0.3, 0.4) is 0 Å². The second kappa shape index (κ2) is 5.45. The molecule has 0 radical (unpaired) electrons. The van der Waals surface area contributed by atoms with Crippen molar-refractivity contribution >= 4 is 5.82 Å². The molecule has 0 atom stereocenters. The molecule has 0 saturated carbocycles. The lowest BCUT2D eigenvalue weighted by atomic mass is 10.4. The number of anilines is 1. The van der Waals surface area contributed by atoms with Gasteiger partial charge in [0.05, 0.1) is 12.8 Å². The van der Waals surface area contributed by atoms with Crippen LogP contribution in [0.5, 0.6) is 0 Å². The molecule has 0 aliphatic heterocycles. The molecule has 0 amide bonds. The summed E-state index contributed by atoms with van der Waals surface area (Å²) in [4.78, 5) is 8.60. The standard InChI is InChI=1S/C12H15N3O2/c1-9-6-11(15-12(14-9)8-16-2)13-7-10-4-3-5-17-10/h3-6H,7-8H2,1-2H3,(H,13,14,15). The molecule has 0 fully saturated rings. The molecule has 5 nitrogen and oxygen atoms in total. The van der Waals surface area contributed by atoms with Crippen LogP contribution < -0.4 is 5.32 Å². The zero-order valence-corrected chi connectivity index (χ0v) is 9.93. The van der Waals surface area contributed by atoms with E-state index in [4.69, 9.17) is 9.15 Å². The fourth-order valence-corrected chi connectivity index (χ4v) is 1.51. The molecule has 0 bridgehead atoms. The first-order valence-electron chi connectivity index (χ1n) is 5.37. The zero-order chi connectivity index (χ0) is 12.1. The van der Waals surface area contributed by atoms with E-state index in [1.54, 1.807) is 13.4 Å². The van der Waals surface area contributed by atoms with Gasteiger partial charge in [-0.2, -0.15) is 0 Å². The minimum atomic E-state index is 0.414. The van der Waals surface area contributed by atoms with E-state index in [0.29, 0.717) is 19.0 Å². The Morgan fingerprint density at radius 2 is 2.29 bits per heavy atom. The van der Waals surface area contributed by atoms with Crippen molar-refractivity contribution in [2.45, 2.75) is 20.1 Å². The second-order valence-electron chi connectivity index (χ2n) is 3.68. The Hall–Kier alpha value is -1.88. The van der Waals surface area contributed by atoms with E-state index in [2.05, 4.69) is 15.3 Å². The summed E-state index contributed by atoms with van der Waals surface area (Å²) < 4.78 is 10.2. The summed E-state index contributed by atoms with van der Waals surface area (Å²) in [6.45, 7) is 2.95. The van der Waals surface area contributed by atoms with Gasteiger partial charge in [0.15, 0.2) is 5.82 Å². The molecule has 0 aromatic carbocycles. The Kier molecular flexibility index (Phi) is 3.72. The molecule has 2 rings (SSSR count). The number of nitrogens with zero attached hydrogens (tertiary/aromatic N) is 2. The lowest BCUT2D eigenvalue weighted by Gasteiger charge is -2.06. The number of hydrogen-bond donors (Lipinski definition) is 1. The predicted molar refractivity (Wildman–Crippen MR) is 63.5 cm³/mol. The molecule has 0 aliphatic carbocycles. The third-order valence-electron chi connectivity index (χ3n) is 2.20. The normalized spacial score (nSPS) is 10.5. The minimum absolute atomic E-state index is 0.414. The molecule has 0 spiro atoms. The molecule has 2 aromatic heterocycles. The Morgan fingerprint density at radius 3 is 3.00 bits per heavy atom. The first-order valence-corrected chi connectivity index (χ1v) is 5.37. The van der Waals surface area contributed by atoms with Gasteiger partial charge in [0.2, 0.25) is 0 Å². The Morgan fingerprint density at radius 1 is 1.41 bits per heavy atom.